The first kappa shape index (κ1) is 28.1. The molecule has 0 saturated carbocycles. The van der Waals surface area contributed by atoms with E-state index in [1.54, 1.807) is 7.11 Å². The van der Waals surface area contributed by atoms with Crippen LogP contribution in [0.4, 0.5) is 0 Å². The van der Waals surface area contributed by atoms with Crippen LogP contribution in [0, 0.1) is 0 Å². The fourth-order valence-electron chi connectivity index (χ4n) is 5.79. The van der Waals surface area contributed by atoms with Crippen LogP contribution >= 0.6 is 43.2 Å². The van der Waals surface area contributed by atoms with Gasteiger partial charge in [0.05, 0.1) is 32.3 Å². The fraction of sp³-hybridized carbons (Fsp3) is 0.143. The van der Waals surface area contributed by atoms with Gasteiger partial charge in [0.1, 0.15) is 18.1 Å². The number of hydrogen-bond acceptors (Lipinski definition) is 5. The Morgan fingerprint density at radius 3 is 2.42 bits per heavy atom. The molecule has 7 rings (SSSR count). The van der Waals surface area contributed by atoms with Crippen molar-refractivity contribution in [3.05, 3.63) is 153 Å². The average Bonchev–Trinajstić information content (AvgIpc) is 3.34. The summed E-state index contributed by atoms with van der Waals surface area (Å²) in [4.78, 5) is 20.0. The number of fused-ring (bicyclic) bond motifs is 3. The van der Waals surface area contributed by atoms with Crippen LogP contribution in [0.15, 0.2) is 115 Å². The number of nitrogens with zero attached hydrogens (tertiary/aromatic N) is 2. The molecule has 5 aromatic rings. The highest BCUT2D eigenvalue weighted by Gasteiger charge is 2.32. The maximum Gasteiger partial charge on any atom is 0.271 e. The van der Waals surface area contributed by atoms with Gasteiger partial charge in [-0.1, -0.05) is 78.1 Å². The van der Waals surface area contributed by atoms with Crippen LogP contribution in [0.25, 0.3) is 11.8 Å². The molecule has 0 saturated heterocycles. The van der Waals surface area contributed by atoms with Gasteiger partial charge in [-0.15, -0.1) is 0 Å². The lowest BCUT2D eigenvalue weighted by molar-refractivity contribution is 0.302. The lowest BCUT2D eigenvalue weighted by Gasteiger charge is -2.30. The highest BCUT2D eigenvalue weighted by molar-refractivity contribution is 9.11. The summed E-state index contributed by atoms with van der Waals surface area (Å²) in [7, 11) is 1.66. The maximum atomic E-state index is 14.1. The van der Waals surface area contributed by atoms with Crippen LogP contribution in [-0.2, 0) is 13.0 Å². The molecule has 0 N–H and O–H groups in total. The quantitative estimate of drug-likeness (QED) is 0.184. The van der Waals surface area contributed by atoms with E-state index in [9.17, 15) is 4.79 Å². The largest absolute Gasteiger partial charge is 0.497 e. The number of ether oxygens (including phenoxy) is 2. The molecule has 8 heteroatoms. The Bertz CT molecular complexity index is 2040. The monoisotopic (exact) mass is 712 g/mol. The third-order valence-corrected chi connectivity index (χ3v) is 10.0. The number of allylic oxidation sites excluding steroid dienone is 1. The summed E-state index contributed by atoms with van der Waals surface area (Å²) in [5.41, 5.74) is 7.57. The van der Waals surface area contributed by atoms with Gasteiger partial charge < -0.3 is 9.47 Å². The Morgan fingerprint density at radius 1 is 0.953 bits per heavy atom. The van der Waals surface area contributed by atoms with E-state index >= 15 is 0 Å². The van der Waals surface area contributed by atoms with E-state index in [1.165, 1.54) is 22.5 Å². The number of rotatable bonds is 6. The van der Waals surface area contributed by atoms with E-state index in [-0.39, 0.29) is 11.6 Å². The third-order valence-electron chi connectivity index (χ3n) is 7.85. The second-order valence-corrected chi connectivity index (χ2v) is 13.2. The molecule has 0 radical (unpaired) electrons. The minimum atomic E-state index is -0.236. The summed E-state index contributed by atoms with van der Waals surface area (Å²) < 4.78 is 15.6. The zero-order chi connectivity index (χ0) is 29.5. The van der Waals surface area contributed by atoms with E-state index in [4.69, 9.17) is 14.5 Å². The lowest BCUT2D eigenvalue weighted by atomic mass is 9.83. The van der Waals surface area contributed by atoms with Crippen LogP contribution in [0.2, 0.25) is 0 Å². The summed E-state index contributed by atoms with van der Waals surface area (Å²) in [5, 5.41) is 0. The highest BCUT2D eigenvalue weighted by atomic mass is 79.9. The molecule has 4 aromatic carbocycles. The topological polar surface area (TPSA) is 52.8 Å². The Balaban J connectivity index is 1.32. The molecule has 1 aromatic heterocycles. The molecular weight excluding hydrogens is 688 g/mol. The van der Waals surface area contributed by atoms with Crippen molar-refractivity contribution in [1.82, 2.24) is 4.57 Å². The van der Waals surface area contributed by atoms with Crippen molar-refractivity contribution >= 4 is 55.0 Å². The van der Waals surface area contributed by atoms with Crippen molar-refractivity contribution in [1.29, 1.82) is 0 Å². The smallest absolute Gasteiger partial charge is 0.271 e. The molecule has 1 atom stereocenters. The second-order valence-electron chi connectivity index (χ2n) is 10.5. The summed E-state index contributed by atoms with van der Waals surface area (Å²) in [6, 6.07) is 30.2. The van der Waals surface area contributed by atoms with Gasteiger partial charge in [0.25, 0.3) is 5.56 Å². The van der Waals surface area contributed by atoms with Crippen molar-refractivity contribution in [2.24, 2.45) is 4.99 Å². The molecule has 1 aliphatic carbocycles. The molecule has 214 valence electrons. The zero-order valence-corrected chi connectivity index (χ0v) is 27.2. The summed E-state index contributed by atoms with van der Waals surface area (Å²) >= 11 is 8.78. The first-order valence-electron chi connectivity index (χ1n) is 13.9. The molecule has 0 unspecified atom stereocenters. The number of thiazole rings is 1. The molecular formula is C35H26Br2N2O3S. The number of benzene rings is 4. The predicted molar refractivity (Wildman–Crippen MR) is 178 cm³/mol. The lowest BCUT2D eigenvalue weighted by Crippen LogP contribution is -2.38. The van der Waals surface area contributed by atoms with Gasteiger partial charge in [-0.25, -0.2) is 4.99 Å². The van der Waals surface area contributed by atoms with Gasteiger partial charge in [0, 0.05) is 5.56 Å². The van der Waals surface area contributed by atoms with Crippen molar-refractivity contribution in [2.45, 2.75) is 25.5 Å². The molecule has 2 heterocycles. The van der Waals surface area contributed by atoms with Crippen molar-refractivity contribution in [3.63, 3.8) is 0 Å². The third kappa shape index (κ3) is 5.32. The standard InChI is InChI=1S/C35H26Br2N2O3S/c1-41-25-14-11-24(12-15-25)32-27-16-13-23-9-5-6-10-26(23)31(27)38-35-39(32)34(40)30(43-35)19-22-17-28(36)33(29(37)18-22)42-20-21-7-3-2-4-8-21/h2-12,14-15,17-19,32H,13,16,20H2,1H3/b30-19+/t32-/m0/s1. The number of methoxy groups -OCH3 is 1. The van der Waals surface area contributed by atoms with Crippen LogP contribution in [0.1, 0.15) is 40.3 Å². The minimum absolute atomic E-state index is 0.0494. The Morgan fingerprint density at radius 2 is 1.67 bits per heavy atom. The van der Waals surface area contributed by atoms with Crippen LogP contribution in [0.5, 0.6) is 11.5 Å². The van der Waals surface area contributed by atoms with E-state index in [0.717, 1.165) is 55.5 Å². The van der Waals surface area contributed by atoms with Crippen molar-refractivity contribution in [2.75, 3.05) is 7.11 Å². The van der Waals surface area contributed by atoms with Gasteiger partial charge in [0.15, 0.2) is 4.80 Å². The number of halogens is 2. The summed E-state index contributed by atoms with van der Waals surface area (Å²) in [6.07, 6.45) is 3.70. The van der Waals surface area contributed by atoms with Gasteiger partial charge in [-0.2, -0.15) is 0 Å². The zero-order valence-electron chi connectivity index (χ0n) is 23.2. The molecule has 43 heavy (non-hydrogen) atoms. The Hall–Kier alpha value is -3.72. The SMILES string of the molecule is COc1ccc([C@H]2C3=C(N=c4s/c(=C/c5cc(Br)c(OCc6ccccc6)c(Br)c5)c(=O)n42)c2ccccc2CC3)cc1. The molecule has 1 aliphatic heterocycles. The van der Waals surface area contributed by atoms with Crippen molar-refractivity contribution < 1.29 is 9.47 Å². The Labute approximate surface area is 269 Å². The van der Waals surface area contributed by atoms with E-state index in [2.05, 4.69) is 68.3 Å². The summed E-state index contributed by atoms with van der Waals surface area (Å²) in [6.45, 7) is 0.454. The fourth-order valence-corrected chi connectivity index (χ4v) is 8.24. The van der Waals surface area contributed by atoms with Gasteiger partial charge in [-0.05, 0) is 103 Å². The number of hydrogen-bond donors (Lipinski definition) is 0. The van der Waals surface area contributed by atoms with E-state index in [1.807, 2.05) is 65.2 Å². The number of aromatic nitrogens is 1. The van der Waals surface area contributed by atoms with Crippen LogP contribution < -0.4 is 24.4 Å². The first-order valence-corrected chi connectivity index (χ1v) is 16.3. The van der Waals surface area contributed by atoms with E-state index < -0.39 is 0 Å². The van der Waals surface area contributed by atoms with E-state index in [0.29, 0.717) is 21.7 Å². The molecule has 0 amide bonds. The minimum Gasteiger partial charge on any atom is -0.497 e. The molecule has 0 spiro atoms. The molecule has 5 nitrogen and oxygen atoms in total. The molecule has 0 fully saturated rings. The first-order chi connectivity index (χ1) is 21.0. The summed E-state index contributed by atoms with van der Waals surface area (Å²) in [5.74, 6) is 1.50. The molecule has 2 aliphatic rings. The van der Waals surface area contributed by atoms with Gasteiger partial charge in [0.2, 0.25) is 0 Å². The van der Waals surface area contributed by atoms with Crippen LogP contribution in [-0.4, -0.2) is 11.7 Å². The van der Waals surface area contributed by atoms with Gasteiger partial charge >= 0.3 is 0 Å². The van der Waals surface area contributed by atoms with Crippen molar-refractivity contribution in [3.8, 4) is 11.5 Å². The average molecular weight is 714 g/mol. The maximum absolute atomic E-state index is 14.1. The number of aryl methyl sites for hydroxylation is 1. The normalized spacial score (nSPS) is 15.8. The second kappa shape index (κ2) is 11.8. The molecule has 0 bridgehead atoms. The predicted octanol–water partition coefficient (Wildman–Crippen LogP) is 7.43. The van der Waals surface area contributed by atoms with Crippen LogP contribution in [0.3, 0.4) is 0 Å². The Kier molecular flexibility index (Phi) is 7.67. The highest BCUT2D eigenvalue weighted by Crippen LogP contribution is 2.41. The van der Waals surface area contributed by atoms with Gasteiger partial charge in [-0.3, -0.25) is 9.36 Å².